The van der Waals surface area contributed by atoms with Crippen molar-refractivity contribution in [3.8, 4) is 0 Å². The molecule has 6 heteroatoms. The molecule has 0 atom stereocenters. The van der Waals surface area contributed by atoms with Crippen molar-refractivity contribution in [3.05, 3.63) is 35.6 Å². The molecule has 0 unspecified atom stereocenters. The third-order valence-corrected chi connectivity index (χ3v) is 6.92. The topological polar surface area (TPSA) is 43.9 Å². The van der Waals surface area contributed by atoms with Crippen LogP contribution in [0.4, 0.5) is 4.39 Å². The van der Waals surface area contributed by atoms with Gasteiger partial charge in [0.25, 0.3) is 5.91 Å². The molecule has 3 saturated heterocycles. The number of piperidine rings is 3. The molecule has 3 aliphatic heterocycles. The molecule has 0 radical (unpaired) electrons. The first-order valence-corrected chi connectivity index (χ1v) is 11.2. The van der Waals surface area contributed by atoms with Gasteiger partial charge in [0.2, 0.25) is 5.91 Å². The van der Waals surface area contributed by atoms with E-state index in [0.29, 0.717) is 25.0 Å². The molecule has 3 fully saturated rings. The van der Waals surface area contributed by atoms with E-state index in [-0.39, 0.29) is 17.4 Å². The molecule has 4 rings (SSSR count). The summed E-state index contributed by atoms with van der Waals surface area (Å²) in [6.45, 7) is 5.16. The average molecular weight is 402 g/mol. The summed E-state index contributed by atoms with van der Waals surface area (Å²) in [4.78, 5) is 31.7. The van der Waals surface area contributed by atoms with Crippen molar-refractivity contribution in [2.75, 3.05) is 39.3 Å². The summed E-state index contributed by atoms with van der Waals surface area (Å²) in [6, 6.07) is 6.69. The van der Waals surface area contributed by atoms with Crippen LogP contribution in [0.1, 0.15) is 55.3 Å². The number of benzene rings is 1. The van der Waals surface area contributed by atoms with Crippen LogP contribution >= 0.6 is 0 Å². The Morgan fingerprint density at radius 3 is 2.10 bits per heavy atom. The Balaban J connectivity index is 1.24. The van der Waals surface area contributed by atoms with Crippen LogP contribution in [0.5, 0.6) is 0 Å². The van der Waals surface area contributed by atoms with Crippen molar-refractivity contribution in [1.82, 2.24) is 14.7 Å². The molecule has 0 bridgehead atoms. The van der Waals surface area contributed by atoms with Crippen molar-refractivity contribution in [1.29, 1.82) is 0 Å². The number of nitrogens with zero attached hydrogens (tertiary/aromatic N) is 3. The van der Waals surface area contributed by atoms with Gasteiger partial charge < -0.3 is 14.7 Å². The highest BCUT2D eigenvalue weighted by Gasteiger charge is 2.33. The lowest BCUT2D eigenvalue weighted by atomic mass is 9.91. The molecule has 29 heavy (non-hydrogen) atoms. The van der Waals surface area contributed by atoms with Crippen molar-refractivity contribution in [2.24, 2.45) is 5.92 Å². The van der Waals surface area contributed by atoms with E-state index >= 15 is 0 Å². The van der Waals surface area contributed by atoms with Crippen molar-refractivity contribution in [2.45, 2.75) is 51.0 Å². The van der Waals surface area contributed by atoms with Gasteiger partial charge in [-0.1, -0.05) is 12.1 Å². The summed E-state index contributed by atoms with van der Waals surface area (Å²) in [5.41, 5.74) is 0.169. The molecule has 1 aromatic carbocycles. The lowest BCUT2D eigenvalue weighted by Gasteiger charge is -2.42. The summed E-state index contributed by atoms with van der Waals surface area (Å²) in [7, 11) is 0. The summed E-state index contributed by atoms with van der Waals surface area (Å²) >= 11 is 0. The number of halogens is 1. The predicted molar refractivity (Wildman–Crippen MR) is 110 cm³/mol. The summed E-state index contributed by atoms with van der Waals surface area (Å²) in [5.74, 6) is -0.0887. The fourth-order valence-corrected chi connectivity index (χ4v) is 5.12. The maximum Gasteiger partial charge on any atom is 0.256 e. The molecule has 5 nitrogen and oxygen atoms in total. The van der Waals surface area contributed by atoms with Crippen LogP contribution < -0.4 is 0 Å². The highest BCUT2D eigenvalue weighted by Crippen LogP contribution is 2.26. The second kappa shape index (κ2) is 9.24. The second-order valence-corrected chi connectivity index (χ2v) is 8.70. The second-order valence-electron chi connectivity index (χ2n) is 8.70. The molecule has 3 heterocycles. The smallest absolute Gasteiger partial charge is 0.256 e. The van der Waals surface area contributed by atoms with Gasteiger partial charge >= 0.3 is 0 Å². The Morgan fingerprint density at radius 2 is 1.45 bits per heavy atom. The van der Waals surface area contributed by atoms with Crippen LogP contribution in [0.3, 0.4) is 0 Å². The van der Waals surface area contributed by atoms with Gasteiger partial charge in [-0.2, -0.15) is 0 Å². The van der Waals surface area contributed by atoms with Crippen LogP contribution in [-0.2, 0) is 4.79 Å². The van der Waals surface area contributed by atoms with Crippen LogP contribution in [0, 0.1) is 11.7 Å². The number of likely N-dealkylation sites (tertiary alicyclic amines) is 3. The average Bonchev–Trinajstić information content (AvgIpc) is 2.79. The van der Waals surface area contributed by atoms with Gasteiger partial charge in [0.1, 0.15) is 5.82 Å². The number of amides is 2. The fourth-order valence-electron chi connectivity index (χ4n) is 5.12. The molecule has 1 aromatic rings. The maximum absolute atomic E-state index is 13.9. The van der Waals surface area contributed by atoms with Crippen LogP contribution in [0.2, 0.25) is 0 Å². The Labute approximate surface area is 172 Å². The first-order valence-electron chi connectivity index (χ1n) is 11.2. The van der Waals surface area contributed by atoms with Gasteiger partial charge in [-0.3, -0.25) is 9.59 Å². The largest absolute Gasteiger partial charge is 0.342 e. The normalized spacial score (nSPS) is 22.7. The standard InChI is InChI=1S/C23H32FN3O2/c24-21-7-3-2-6-20(21)23(29)27-16-10-19(11-17-27)25-14-8-18(9-15-25)22(28)26-12-4-1-5-13-26/h2-3,6-7,18-19H,1,4-5,8-17H2. The van der Waals surface area contributed by atoms with Crippen LogP contribution in [0.25, 0.3) is 0 Å². The van der Waals surface area contributed by atoms with E-state index in [4.69, 9.17) is 0 Å². The van der Waals surface area contributed by atoms with Crippen molar-refractivity contribution in [3.63, 3.8) is 0 Å². The lowest BCUT2D eigenvalue weighted by molar-refractivity contribution is -0.138. The van der Waals surface area contributed by atoms with Gasteiger partial charge in [-0.05, 0) is 70.2 Å². The fraction of sp³-hybridized carbons (Fsp3) is 0.652. The molecule has 3 aliphatic rings. The molecule has 0 N–H and O–H groups in total. The Hall–Kier alpha value is -1.95. The predicted octanol–water partition coefficient (Wildman–Crippen LogP) is 3.15. The highest BCUT2D eigenvalue weighted by atomic mass is 19.1. The SMILES string of the molecule is O=C(c1ccccc1F)N1CCC(N2CCC(C(=O)N3CCCCC3)CC2)CC1. The van der Waals surface area contributed by atoms with E-state index in [9.17, 15) is 14.0 Å². The van der Waals surface area contributed by atoms with Crippen molar-refractivity contribution >= 4 is 11.8 Å². The molecule has 0 aliphatic carbocycles. The summed E-state index contributed by atoms with van der Waals surface area (Å²) < 4.78 is 13.9. The zero-order valence-electron chi connectivity index (χ0n) is 17.2. The number of hydrogen-bond donors (Lipinski definition) is 0. The summed E-state index contributed by atoms with van der Waals surface area (Å²) in [5, 5.41) is 0. The molecular weight excluding hydrogens is 369 g/mol. The van der Waals surface area contributed by atoms with E-state index < -0.39 is 5.82 Å². The van der Waals surface area contributed by atoms with E-state index in [0.717, 1.165) is 64.7 Å². The number of rotatable bonds is 3. The Bertz CT molecular complexity index is 719. The zero-order chi connectivity index (χ0) is 20.2. The first kappa shape index (κ1) is 20.3. The Kier molecular flexibility index (Phi) is 6.48. The molecule has 0 saturated carbocycles. The minimum atomic E-state index is -0.444. The molecular formula is C23H32FN3O2. The van der Waals surface area contributed by atoms with E-state index in [1.165, 1.54) is 12.5 Å². The van der Waals surface area contributed by atoms with Crippen LogP contribution in [0.15, 0.2) is 24.3 Å². The van der Waals surface area contributed by atoms with Gasteiger partial charge in [0, 0.05) is 38.1 Å². The molecule has 2 amide bonds. The Morgan fingerprint density at radius 1 is 0.793 bits per heavy atom. The quantitative estimate of drug-likeness (QED) is 0.782. The third kappa shape index (κ3) is 4.63. The van der Waals surface area contributed by atoms with Gasteiger partial charge in [0.05, 0.1) is 5.56 Å². The molecule has 0 aromatic heterocycles. The van der Waals surface area contributed by atoms with E-state index in [1.54, 1.807) is 23.1 Å². The zero-order valence-corrected chi connectivity index (χ0v) is 17.2. The van der Waals surface area contributed by atoms with Gasteiger partial charge in [-0.25, -0.2) is 4.39 Å². The van der Waals surface area contributed by atoms with E-state index in [1.807, 2.05) is 0 Å². The number of hydrogen-bond acceptors (Lipinski definition) is 3. The number of carbonyl (C=O) groups is 2. The minimum absolute atomic E-state index is 0.169. The first-order chi connectivity index (χ1) is 14.1. The lowest BCUT2D eigenvalue weighted by Crippen LogP contribution is -2.50. The van der Waals surface area contributed by atoms with Gasteiger partial charge in [-0.15, -0.1) is 0 Å². The molecule has 158 valence electrons. The number of carbonyl (C=O) groups excluding carboxylic acids is 2. The highest BCUT2D eigenvalue weighted by molar-refractivity contribution is 5.94. The summed E-state index contributed by atoms with van der Waals surface area (Å²) in [6.07, 6.45) is 7.28. The van der Waals surface area contributed by atoms with Crippen LogP contribution in [-0.4, -0.2) is 71.8 Å². The molecule has 0 spiro atoms. The van der Waals surface area contributed by atoms with Gasteiger partial charge in [0.15, 0.2) is 0 Å². The maximum atomic E-state index is 13.9. The third-order valence-electron chi connectivity index (χ3n) is 6.92. The minimum Gasteiger partial charge on any atom is -0.342 e. The van der Waals surface area contributed by atoms with E-state index in [2.05, 4.69) is 9.80 Å². The van der Waals surface area contributed by atoms with Crippen molar-refractivity contribution < 1.29 is 14.0 Å². The monoisotopic (exact) mass is 401 g/mol.